The van der Waals surface area contributed by atoms with Gasteiger partial charge in [0.15, 0.2) is 0 Å². The van der Waals surface area contributed by atoms with E-state index in [9.17, 15) is 15.0 Å². The van der Waals surface area contributed by atoms with Crippen molar-refractivity contribution < 1.29 is 44.6 Å². The largest absolute Gasteiger partial charge is 1.00 e. The summed E-state index contributed by atoms with van der Waals surface area (Å²) in [4.78, 5) is 10.8. The van der Waals surface area contributed by atoms with Crippen molar-refractivity contribution in [3.05, 3.63) is 39.5 Å². The number of carboxylic acids is 1. The average molecular weight is 336 g/mol. The first-order valence-corrected chi connectivity index (χ1v) is 5.30. The average Bonchev–Trinajstić information content (AvgIpc) is 2.17. The van der Waals surface area contributed by atoms with Gasteiger partial charge < -0.3 is 15.0 Å². The minimum absolute atomic E-state index is 0. The SMILES string of the molecule is O=C([O-])c1c(I)cc2ccccc2c1O.[Na+]. The number of halogens is 1. The van der Waals surface area contributed by atoms with E-state index in [1.54, 1.807) is 18.2 Å². The molecule has 0 saturated carbocycles. The number of benzene rings is 2. The number of carboxylic acid groups (broad SMARTS) is 1. The predicted octanol–water partition coefficient (Wildman–Crippen LogP) is -1.48. The molecular formula is C11H6INaO3. The van der Waals surface area contributed by atoms with Crippen LogP contribution < -0.4 is 34.7 Å². The number of hydrogen-bond acceptors (Lipinski definition) is 3. The van der Waals surface area contributed by atoms with Gasteiger partial charge in [-0.1, -0.05) is 24.3 Å². The number of carbonyl (C=O) groups excluding carboxylic acids is 1. The first-order valence-electron chi connectivity index (χ1n) is 4.23. The molecule has 2 aromatic rings. The Kier molecular flexibility index (Phi) is 4.61. The smallest absolute Gasteiger partial charge is 0.545 e. The molecule has 0 fully saturated rings. The number of phenols is 1. The molecule has 0 amide bonds. The van der Waals surface area contributed by atoms with Crippen molar-refractivity contribution in [2.45, 2.75) is 0 Å². The van der Waals surface area contributed by atoms with Gasteiger partial charge in [0, 0.05) is 8.96 Å². The molecule has 3 nitrogen and oxygen atoms in total. The standard InChI is InChI=1S/C11H7IO3.Na/c12-8-5-6-3-1-2-4-7(6)10(13)9(8)11(14)15;/h1-5,13H,(H,14,15);/q;+1/p-1. The van der Waals surface area contributed by atoms with Crippen LogP contribution in [0.2, 0.25) is 0 Å². The van der Waals surface area contributed by atoms with Gasteiger partial charge in [-0.25, -0.2) is 0 Å². The number of hydrogen-bond donors (Lipinski definition) is 1. The zero-order valence-electron chi connectivity index (χ0n) is 8.53. The summed E-state index contributed by atoms with van der Waals surface area (Å²) < 4.78 is 0.476. The number of carbonyl (C=O) groups is 1. The molecule has 5 heteroatoms. The summed E-state index contributed by atoms with van der Waals surface area (Å²) in [6, 6.07) is 8.77. The molecule has 0 aromatic heterocycles. The Hall–Kier alpha value is -0.300. The van der Waals surface area contributed by atoms with Crippen molar-refractivity contribution in [2.75, 3.05) is 0 Å². The van der Waals surface area contributed by atoms with Crippen LogP contribution in [0.1, 0.15) is 10.4 Å². The van der Waals surface area contributed by atoms with E-state index >= 15 is 0 Å². The maximum Gasteiger partial charge on any atom is 1.00 e. The monoisotopic (exact) mass is 336 g/mol. The number of aromatic hydroxyl groups is 1. The number of rotatable bonds is 1. The maximum atomic E-state index is 10.8. The molecule has 2 aromatic carbocycles. The Balaban J connectivity index is 0.00000128. The summed E-state index contributed by atoms with van der Waals surface area (Å²) in [5.41, 5.74) is -0.144. The van der Waals surface area contributed by atoms with E-state index in [0.29, 0.717) is 8.96 Å². The summed E-state index contributed by atoms with van der Waals surface area (Å²) in [7, 11) is 0. The fourth-order valence-electron chi connectivity index (χ4n) is 1.49. The molecule has 0 radical (unpaired) electrons. The molecule has 1 N–H and O–H groups in total. The summed E-state index contributed by atoms with van der Waals surface area (Å²) >= 11 is 1.87. The van der Waals surface area contributed by atoms with Crippen LogP contribution in [0.4, 0.5) is 0 Å². The van der Waals surface area contributed by atoms with Crippen molar-refractivity contribution in [3.63, 3.8) is 0 Å². The van der Waals surface area contributed by atoms with E-state index < -0.39 is 5.97 Å². The van der Waals surface area contributed by atoms with Gasteiger partial charge in [0.05, 0.1) is 11.5 Å². The molecule has 76 valence electrons. The van der Waals surface area contributed by atoms with E-state index in [0.717, 1.165) is 5.39 Å². The normalized spacial score (nSPS) is 9.81. The van der Waals surface area contributed by atoms with Crippen LogP contribution in [0.5, 0.6) is 5.75 Å². The second-order valence-corrected chi connectivity index (χ2v) is 4.25. The van der Waals surface area contributed by atoms with Crippen LogP contribution >= 0.6 is 22.6 Å². The third kappa shape index (κ3) is 2.34. The molecule has 0 aliphatic rings. The molecule has 0 aliphatic carbocycles. The van der Waals surface area contributed by atoms with Gasteiger partial charge in [-0.3, -0.25) is 0 Å². The predicted molar refractivity (Wildman–Crippen MR) is 62.7 cm³/mol. The Labute approximate surface area is 128 Å². The Bertz CT molecular complexity index is 554. The zero-order valence-corrected chi connectivity index (χ0v) is 12.7. The van der Waals surface area contributed by atoms with E-state index in [1.807, 2.05) is 34.7 Å². The fourth-order valence-corrected chi connectivity index (χ4v) is 2.30. The van der Waals surface area contributed by atoms with Crippen LogP contribution in [-0.4, -0.2) is 11.1 Å². The topological polar surface area (TPSA) is 60.4 Å². The molecule has 0 saturated heterocycles. The van der Waals surface area contributed by atoms with E-state index in [2.05, 4.69) is 0 Å². The van der Waals surface area contributed by atoms with Crippen LogP contribution in [0.3, 0.4) is 0 Å². The van der Waals surface area contributed by atoms with Crippen molar-refractivity contribution >= 4 is 39.3 Å². The Morgan fingerprint density at radius 2 is 1.94 bits per heavy atom. The van der Waals surface area contributed by atoms with Crippen molar-refractivity contribution in [1.82, 2.24) is 0 Å². The summed E-state index contributed by atoms with van der Waals surface area (Å²) in [6.07, 6.45) is 0. The summed E-state index contributed by atoms with van der Waals surface area (Å²) in [6.45, 7) is 0. The van der Waals surface area contributed by atoms with Gasteiger partial charge in [0.25, 0.3) is 0 Å². The van der Waals surface area contributed by atoms with Crippen molar-refractivity contribution in [2.24, 2.45) is 0 Å². The number of aromatic carboxylic acids is 1. The third-order valence-electron chi connectivity index (χ3n) is 2.18. The quantitative estimate of drug-likeness (QED) is 0.510. The van der Waals surface area contributed by atoms with Crippen molar-refractivity contribution in [1.29, 1.82) is 0 Å². The third-order valence-corrected chi connectivity index (χ3v) is 3.03. The molecular weight excluding hydrogens is 330 g/mol. The van der Waals surface area contributed by atoms with E-state index in [-0.39, 0.29) is 40.9 Å². The fraction of sp³-hybridized carbons (Fsp3) is 0. The second kappa shape index (κ2) is 5.35. The van der Waals surface area contributed by atoms with Gasteiger partial charge in [-0.05, 0) is 34.0 Å². The molecule has 0 unspecified atom stereocenters. The molecule has 0 heterocycles. The minimum atomic E-state index is -1.36. The maximum absolute atomic E-state index is 10.8. The molecule has 2 rings (SSSR count). The van der Waals surface area contributed by atoms with Crippen LogP contribution in [0.25, 0.3) is 10.8 Å². The minimum Gasteiger partial charge on any atom is -0.545 e. The Morgan fingerprint density at radius 3 is 2.56 bits per heavy atom. The Morgan fingerprint density at radius 1 is 1.31 bits per heavy atom. The second-order valence-electron chi connectivity index (χ2n) is 3.09. The van der Waals surface area contributed by atoms with Crippen LogP contribution in [0.15, 0.2) is 30.3 Å². The van der Waals surface area contributed by atoms with Crippen LogP contribution in [0, 0.1) is 3.57 Å². The first-order chi connectivity index (χ1) is 7.11. The van der Waals surface area contributed by atoms with Gasteiger partial charge >= 0.3 is 29.6 Å². The van der Waals surface area contributed by atoms with Crippen molar-refractivity contribution in [3.8, 4) is 5.75 Å². The summed E-state index contributed by atoms with van der Waals surface area (Å²) in [5, 5.41) is 21.9. The van der Waals surface area contributed by atoms with Gasteiger partial charge in [0.1, 0.15) is 5.75 Å². The summed E-state index contributed by atoms with van der Waals surface area (Å²) in [5.74, 6) is -1.58. The van der Waals surface area contributed by atoms with Crippen LogP contribution in [-0.2, 0) is 0 Å². The van der Waals surface area contributed by atoms with Gasteiger partial charge in [0.2, 0.25) is 0 Å². The molecule has 16 heavy (non-hydrogen) atoms. The van der Waals surface area contributed by atoms with Gasteiger partial charge in [-0.15, -0.1) is 0 Å². The van der Waals surface area contributed by atoms with Gasteiger partial charge in [-0.2, -0.15) is 0 Å². The number of fused-ring (bicyclic) bond motifs is 1. The first kappa shape index (κ1) is 13.8. The molecule has 0 bridgehead atoms. The molecule has 0 atom stereocenters. The van der Waals surface area contributed by atoms with E-state index in [1.165, 1.54) is 0 Å². The molecule has 0 spiro atoms. The van der Waals surface area contributed by atoms with E-state index in [4.69, 9.17) is 0 Å². The molecule has 0 aliphatic heterocycles. The zero-order chi connectivity index (χ0) is 11.0.